The van der Waals surface area contributed by atoms with Gasteiger partial charge in [-0.2, -0.15) is 0 Å². The number of benzene rings is 1. The predicted molar refractivity (Wildman–Crippen MR) is 83.9 cm³/mol. The monoisotopic (exact) mass is 300 g/mol. The molecule has 3 N–H and O–H groups in total. The molecule has 0 aliphatic heterocycles. The van der Waals surface area contributed by atoms with Crippen molar-refractivity contribution < 1.29 is 9.59 Å². The number of carbonyl (C=O) groups is 2. The summed E-state index contributed by atoms with van der Waals surface area (Å²) in [6, 6.07) is 11.1. The number of hydrogen-bond acceptors (Lipinski definition) is 3. The van der Waals surface area contributed by atoms with E-state index < -0.39 is 0 Å². The zero-order valence-corrected chi connectivity index (χ0v) is 12.0. The van der Waals surface area contributed by atoms with Gasteiger partial charge in [0.25, 0.3) is 5.56 Å². The summed E-state index contributed by atoms with van der Waals surface area (Å²) in [7, 11) is 1.51. The fourth-order valence-electron chi connectivity index (χ4n) is 1.81. The van der Waals surface area contributed by atoms with Gasteiger partial charge in [0.2, 0.25) is 5.91 Å². The Kier molecular flexibility index (Phi) is 4.92. The van der Waals surface area contributed by atoms with Crippen LogP contribution in [0.3, 0.4) is 0 Å². The van der Waals surface area contributed by atoms with Gasteiger partial charge in [0.1, 0.15) is 6.54 Å². The quantitative estimate of drug-likeness (QED) is 0.793. The summed E-state index contributed by atoms with van der Waals surface area (Å²) in [5.74, 6) is -0.328. The fraction of sp³-hybridized carbons (Fsp3) is 0.133. The molecule has 0 aliphatic rings. The normalized spacial score (nSPS) is 9.86. The van der Waals surface area contributed by atoms with Gasteiger partial charge in [-0.15, -0.1) is 0 Å². The molecule has 0 aliphatic carbocycles. The molecule has 0 bridgehead atoms. The third-order valence-electron chi connectivity index (χ3n) is 2.84. The Morgan fingerprint density at radius 3 is 2.45 bits per heavy atom. The molecule has 1 aromatic heterocycles. The molecule has 0 fully saturated rings. The number of urea groups is 1. The smallest absolute Gasteiger partial charge is 0.318 e. The summed E-state index contributed by atoms with van der Waals surface area (Å²) >= 11 is 0. The van der Waals surface area contributed by atoms with Gasteiger partial charge in [-0.3, -0.25) is 9.59 Å². The van der Waals surface area contributed by atoms with Crippen LogP contribution in [0.4, 0.5) is 16.2 Å². The van der Waals surface area contributed by atoms with E-state index in [2.05, 4.69) is 16.0 Å². The van der Waals surface area contributed by atoms with Gasteiger partial charge in [0.05, 0.1) is 0 Å². The van der Waals surface area contributed by atoms with Crippen molar-refractivity contribution in [2.75, 3.05) is 17.7 Å². The van der Waals surface area contributed by atoms with E-state index in [1.165, 1.54) is 17.7 Å². The van der Waals surface area contributed by atoms with Crippen molar-refractivity contribution in [2.24, 2.45) is 0 Å². The lowest BCUT2D eigenvalue weighted by atomic mass is 10.2. The highest BCUT2D eigenvalue weighted by molar-refractivity contribution is 5.93. The van der Waals surface area contributed by atoms with E-state index in [1.54, 1.807) is 42.6 Å². The first-order valence-corrected chi connectivity index (χ1v) is 6.62. The maximum Gasteiger partial charge on any atom is 0.318 e. The van der Waals surface area contributed by atoms with E-state index >= 15 is 0 Å². The van der Waals surface area contributed by atoms with Crippen LogP contribution in [0.2, 0.25) is 0 Å². The van der Waals surface area contributed by atoms with Crippen LogP contribution in [0.15, 0.2) is 53.5 Å². The van der Waals surface area contributed by atoms with E-state index in [0.29, 0.717) is 11.4 Å². The minimum Gasteiger partial charge on any atom is -0.341 e. The molecule has 7 nitrogen and oxygen atoms in total. The maximum atomic E-state index is 12.0. The van der Waals surface area contributed by atoms with Gasteiger partial charge in [-0.25, -0.2) is 4.79 Å². The van der Waals surface area contributed by atoms with Crippen LogP contribution >= 0.6 is 0 Å². The van der Waals surface area contributed by atoms with Crippen LogP contribution in [0.25, 0.3) is 0 Å². The molecule has 3 amide bonds. The number of rotatable bonds is 4. The largest absolute Gasteiger partial charge is 0.341 e. The van der Waals surface area contributed by atoms with Gasteiger partial charge in [0.15, 0.2) is 0 Å². The van der Waals surface area contributed by atoms with E-state index in [4.69, 9.17) is 0 Å². The lowest BCUT2D eigenvalue weighted by Crippen LogP contribution is -2.26. The molecule has 22 heavy (non-hydrogen) atoms. The van der Waals surface area contributed by atoms with Crippen LogP contribution in [-0.2, 0) is 11.3 Å². The van der Waals surface area contributed by atoms with Crippen molar-refractivity contribution in [1.82, 2.24) is 9.88 Å². The Balaban J connectivity index is 2.03. The van der Waals surface area contributed by atoms with Crippen molar-refractivity contribution >= 4 is 23.3 Å². The lowest BCUT2D eigenvalue weighted by molar-refractivity contribution is -0.116. The minimum atomic E-state index is -0.348. The minimum absolute atomic E-state index is 0.0766. The van der Waals surface area contributed by atoms with Crippen LogP contribution in [0.5, 0.6) is 0 Å². The zero-order chi connectivity index (χ0) is 15.9. The predicted octanol–water partition coefficient (Wildman–Crippen LogP) is 1.24. The summed E-state index contributed by atoms with van der Waals surface area (Å²) in [6.07, 6.45) is 1.55. The first-order valence-electron chi connectivity index (χ1n) is 6.62. The van der Waals surface area contributed by atoms with Crippen molar-refractivity contribution in [2.45, 2.75) is 6.54 Å². The average Bonchev–Trinajstić information content (AvgIpc) is 2.50. The number of aromatic nitrogens is 1. The van der Waals surface area contributed by atoms with Crippen molar-refractivity contribution in [3.63, 3.8) is 0 Å². The molecule has 0 atom stereocenters. The molecule has 1 heterocycles. The van der Waals surface area contributed by atoms with Gasteiger partial charge in [0, 0.05) is 30.7 Å². The third kappa shape index (κ3) is 4.20. The number of amides is 3. The Labute approximate surface area is 127 Å². The topological polar surface area (TPSA) is 92.2 Å². The van der Waals surface area contributed by atoms with E-state index in [0.717, 1.165) is 0 Å². The second kappa shape index (κ2) is 7.07. The SMILES string of the molecule is CNC(=O)Nc1cccc(NC(=O)Cn2ccccc2=O)c1. The highest BCUT2D eigenvalue weighted by Gasteiger charge is 2.06. The van der Waals surface area contributed by atoms with Crippen molar-refractivity contribution in [1.29, 1.82) is 0 Å². The molecule has 0 saturated carbocycles. The second-order valence-corrected chi connectivity index (χ2v) is 4.50. The third-order valence-corrected chi connectivity index (χ3v) is 2.84. The van der Waals surface area contributed by atoms with Crippen LogP contribution < -0.4 is 21.5 Å². The average molecular weight is 300 g/mol. The zero-order valence-electron chi connectivity index (χ0n) is 12.0. The second-order valence-electron chi connectivity index (χ2n) is 4.50. The fourth-order valence-corrected chi connectivity index (χ4v) is 1.81. The number of pyridine rings is 1. The van der Waals surface area contributed by atoms with Gasteiger partial charge in [-0.05, 0) is 24.3 Å². The highest BCUT2D eigenvalue weighted by atomic mass is 16.2. The number of anilines is 2. The summed E-state index contributed by atoms with van der Waals surface area (Å²) in [5, 5.41) is 7.72. The maximum absolute atomic E-state index is 12.0. The Bertz CT molecular complexity index is 739. The number of carbonyl (C=O) groups excluding carboxylic acids is 2. The van der Waals surface area contributed by atoms with E-state index in [9.17, 15) is 14.4 Å². The first-order chi connectivity index (χ1) is 10.6. The van der Waals surface area contributed by atoms with Gasteiger partial charge in [-0.1, -0.05) is 12.1 Å². The van der Waals surface area contributed by atoms with E-state index in [-0.39, 0.29) is 24.0 Å². The molecule has 0 spiro atoms. The van der Waals surface area contributed by atoms with Crippen LogP contribution in [0, 0.1) is 0 Å². The summed E-state index contributed by atoms with van der Waals surface area (Å²) in [6.45, 7) is -0.0766. The number of hydrogen-bond donors (Lipinski definition) is 3. The number of nitrogens with one attached hydrogen (secondary N) is 3. The van der Waals surface area contributed by atoms with Crippen molar-refractivity contribution in [3.05, 3.63) is 59.0 Å². The summed E-state index contributed by atoms with van der Waals surface area (Å²) < 4.78 is 1.31. The van der Waals surface area contributed by atoms with Crippen LogP contribution in [-0.4, -0.2) is 23.6 Å². The molecule has 0 radical (unpaired) electrons. The highest BCUT2D eigenvalue weighted by Crippen LogP contribution is 2.14. The van der Waals surface area contributed by atoms with Crippen LogP contribution in [0.1, 0.15) is 0 Å². The molecule has 2 rings (SSSR count). The molecule has 0 unspecified atom stereocenters. The summed E-state index contributed by atoms with van der Waals surface area (Å²) in [4.78, 5) is 34.7. The Morgan fingerprint density at radius 1 is 1.05 bits per heavy atom. The van der Waals surface area contributed by atoms with Gasteiger partial charge >= 0.3 is 6.03 Å². The lowest BCUT2D eigenvalue weighted by Gasteiger charge is -2.09. The molecule has 1 aromatic carbocycles. The van der Waals surface area contributed by atoms with Crippen molar-refractivity contribution in [3.8, 4) is 0 Å². The molecular formula is C15H16N4O3. The number of nitrogens with zero attached hydrogens (tertiary/aromatic N) is 1. The van der Waals surface area contributed by atoms with E-state index in [1.807, 2.05) is 0 Å². The molecule has 2 aromatic rings. The molecular weight excluding hydrogens is 284 g/mol. The Morgan fingerprint density at radius 2 is 1.77 bits per heavy atom. The molecule has 7 heteroatoms. The molecule has 0 saturated heterocycles. The van der Waals surface area contributed by atoms with Gasteiger partial charge < -0.3 is 20.5 Å². The first kappa shape index (κ1) is 15.3. The molecule has 114 valence electrons. The Hall–Kier alpha value is -3.09. The standard InChI is InChI=1S/C15H16N4O3/c1-16-15(22)18-12-6-4-5-11(9-12)17-13(20)10-19-8-3-2-7-14(19)21/h2-9H,10H2,1H3,(H,17,20)(H2,16,18,22). The summed E-state index contributed by atoms with van der Waals surface area (Å²) in [5.41, 5.74) is 0.838.